The van der Waals surface area contributed by atoms with Crippen molar-refractivity contribution >= 4 is 5.97 Å². The van der Waals surface area contributed by atoms with E-state index in [1.165, 1.54) is 128 Å². The Kier molecular flexibility index (Phi) is 17.2. The van der Waals surface area contributed by atoms with E-state index in [2.05, 4.69) is 27.7 Å². The van der Waals surface area contributed by atoms with Crippen LogP contribution in [0.5, 0.6) is 0 Å². The largest absolute Gasteiger partial charge is 0.466 e. The van der Waals surface area contributed by atoms with Crippen molar-refractivity contribution in [1.82, 2.24) is 0 Å². The summed E-state index contributed by atoms with van der Waals surface area (Å²) < 4.78 is 5.70. The van der Waals surface area contributed by atoms with Crippen molar-refractivity contribution < 1.29 is 9.53 Å². The van der Waals surface area contributed by atoms with E-state index in [4.69, 9.17) is 21.9 Å². The molecule has 0 saturated heterocycles. The van der Waals surface area contributed by atoms with Crippen molar-refractivity contribution in [1.29, 1.82) is 0 Å². The highest BCUT2D eigenvalue weighted by Gasteiger charge is 2.64. The molecule has 0 aromatic rings. The van der Waals surface area contributed by atoms with Crippen LogP contribution in [0.15, 0.2) is 0 Å². The van der Waals surface area contributed by atoms with Gasteiger partial charge in [0.25, 0.3) is 0 Å². The zero-order valence-corrected chi connectivity index (χ0v) is 33.0. The van der Waals surface area contributed by atoms with Crippen LogP contribution in [0, 0.1) is 46.3 Å². The van der Waals surface area contributed by atoms with Gasteiger partial charge in [-0.1, -0.05) is 137 Å². The van der Waals surface area contributed by atoms with Crippen LogP contribution in [0.1, 0.15) is 201 Å². The molecule has 49 heavy (non-hydrogen) atoms. The summed E-state index contributed by atoms with van der Waals surface area (Å²) >= 11 is 0. The third-order valence-corrected chi connectivity index (χ3v) is 15.3. The van der Waals surface area contributed by atoms with E-state index in [-0.39, 0.29) is 23.5 Å². The fraction of sp³-hybridized carbons (Fsp3) is 0.977. The number of unbranched alkanes of at least 4 members (excludes halogenated alkanes) is 17. The Bertz CT molecular complexity index is 943. The standard InChI is InChI=1S/C44H83N3O2/c1-5-6-7-8-9-10-11-12-13-14-15-16-17-18-19-20-21-22-29-49-41(48)26-23-33(2)36-24-25-37-42-38(32-40(47)44(36,37)4)43(3)28-27-35(45)30-34(43)31-39(42)46/h33-40,42H,5-32,45-47H2,1-4H3/t33-,34+,35-,36-,37+,38+,39-,40+,42+,43+,44-/m1/s1. The SMILES string of the molecule is CCCCCCCCCCCCCCCCCCCCOC(=O)CC[C@@H](C)[C@H]1CC[C@H]2[C@@H]3[C@H](N)C[C@@H]4C[C@H](N)CC[C@]4(C)[C@H]3C[C@H](N)[C@]12C. The lowest BCUT2D eigenvalue weighted by Gasteiger charge is -2.64. The van der Waals surface area contributed by atoms with Gasteiger partial charge in [0.15, 0.2) is 0 Å². The van der Waals surface area contributed by atoms with Gasteiger partial charge in [-0.25, -0.2) is 0 Å². The molecule has 0 radical (unpaired) electrons. The normalized spacial score (nSPS) is 36.1. The summed E-state index contributed by atoms with van der Waals surface area (Å²) in [5.41, 5.74) is 21.2. The number of hydrogen-bond donors (Lipinski definition) is 3. The summed E-state index contributed by atoms with van der Waals surface area (Å²) in [6, 6.07) is 0.827. The molecule has 5 heteroatoms. The van der Waals surface area contributed by atoms with Gasteiger partial charge in [0.1, 0.15) is 0 Å². The van der Waals surface area contributed by atoms with Crippen molar-refractivity contribution in [2.45, 2.75) is 219 Å². The van der Waals surface area contributed by atoms with Gasteiger partial charge in [-0.2, -0.15) is 0 Å². The van der Waals surface area contributed by atoms with E-state index in [0.29, 0.717) is 60.0 Å². The molecule has 5 nitrogen and oxygen atoms in total. The minimum absolute atomic E-state index is 0.00435. The smallest absolute Gasteiger partial charge is 0.305 e. The number of ether oxygens (including phenoxy) is 1. The van der Waals surface area contributed by atoms with Crippen LogP contribution in [0.4, 0.5) is 0 Å². The van der Waals surface area contributed by atoms with Crippen molar-refractivity contribution in [3.63, 3.8) is 0 Å². The predicted octanol–water partition coefficient (Wildman–Crippen LogP) is 10.8. The molecule has 4 aliphatic carbocycles. The predicted molar refractivity (Wildman–Crippen MR) is 208 cm³/mol. The molecule has 4 saturated carbocycles. The molecular weight excluding hydrogens is 603 g/mol. The fourth-order valence-electron chi connectivity index (χ4n) is 12.2. The topological polar surface area (TPSA) is 104 Å². The van der Waals surface area contributed by atoms with E-state index in [1.807, 2.05) is 0 Å². The molecular formula is C44H83N3O2. The molecule has 286 valence electrons. The first-order valence-corrected chi connectivity index (χ1v) is 22.0. The van der Waals surface area contributed by atoms with Crippen LogP contribution in [-0.4, -0.2) is 30.7 Å². The number of esters is 1. The van der Waals surface area contributed by atoms with Gasteiger partial charge in [0, 0.05) is 24.5 Å². The fourth-order valence-corrected chi connectivity index (χ4v) is 12.2. The van der Waals surface area contributed by atoms with Gasteiger partial charge in [0.2, 0.25) is 0 Å². The highest BCUT2D eigenvalue weighted by atomic mass is 16.5. The van der Waals surface area contributed by atoms with E-state index in [0.717, 1.165) is 38.5 Å². The first-order chi connectivity index (χ1) is 23.6. The molecule has 0 aromatic carbocycles. The Morgan fingerprint density at radius 3 is 1.84 bits per heavy atom. The van der Waals surface area contributed by atoms with E-state index >= 15 is 0 Å². The third-order valence-electron chi connectivity index (χ3n) is 15.3. The number of carbonyl (C=O) groups excluding carboxylic acids is 1. The molecule has 4 fully saturated rings. The first-order valence-electron chi connectivity index (χ1n) is 22.0. The maximum absolute atomic E-state index is 12.7. The molecule has 4 rings (SSSR count). The number of carbonyl (C=O) groups is 1. The van der Waals surface area contributed by atoms with Crippen LogP contribution >= 0.6 is 0 Å². The molecule has 0 spiro atoms. The quantitative estimate of drug-likeness (QED) is 0.0733. The summed E-state index contributed by atoms with van der Waals surface area (Å²) in [7, 11) is 0. The van der Waals surface area contributed by atoms with Gasteiger partial charge in [-0.15, -0.1) is 0 Å². The molecule has 11 atom stereocenters. The minimum atomic E-state index is -0.00435. The van der Waals surface area contributed by atoms with Crippen molar-refractivity contribution in [2.24, 2.45) is 63.5 Å². The van der Waals surface area contributed by atoms with Crippen LogP contribution in [-0.2, 0) is 9.53 Å². The van der Waals surface area contributed by atoms with Crippen LogP contribution in [0.25, 0.3) is 0 Å². The monoisotopic (exact) mass is 686 g/mol. The summed E-state index contributed by atoms with van der Waals surface area (Å²) in [4.78, 5) is 12.7. The zero-order chi connectivity index (χ0) is 35.3. The van der Waals surface area contributed by atoms with E-state index in [9.17, 15) is 4.79 Å². The summed E-state index contributed by atoms with van der Waals surface area (Å²) in [6.07, 6.45) is 34.4. The molecule has 4 aliphatic rings. The second-order valence-corrected chi connectivity index (χ2v) is 18.6. The Morgan fingerprint density at radius 2 is 1.27 bits per heavy atom. The lowest BCUT2D eigenvalue weighted by molar-refractivity contribution is -0.145. The molecule has 0 aliphatic heterocycles. The van der Waals surface area contributed by atoms with Crippen molar-refractivity contribution in [3.8, 4) is 0 Å². The highest BCUT2D eigenvalue weighted by molar-refractivity contribution is 5.69. The summed E-state index contributed by atoms with van der Waals surface area (Å²) in [5, 5.41) is 0. The zero-order valence-electron chi connectivity index (χ0n) is 33.0. The molecule has 0 amide bonds. The maximum atomic E-state index is 12.7. The van der Waals surface area contributed by atoms with E-state index < -0.39 is 0 Å². The summed E-state index contributed by atoms with van der Waals surface area (Å²) in [5.74, 6) is 3.51. The third kappa shape index (κ3) is 10.9. The van der Waals surface area contributed by atoms with Gasteiger partial charge in [0.05, 0.1) is 6.61 Å². The Morgan fingerprint density at radius 1 is 0.714 bits per heavy atom. The summed E-state index contributed by atoms with van der Waals surface area (Å²) in [6.45, 7) is 10.3. The average Bonchev–Trinajstić information content (AvgIpc) is 3.44. The Labute approximate surface area is 304 Å². The molecule has 6 N–H and O–H groups in total. The van der Waals surface area contributed by atoms with Gasteiger partial charge in [-0.3, -0.25) is 4.79 Å². The van der Waals surface area contributed by atoms with Gasteiger partial charge in [-0.05, 0) is 104 Å². The van der Waals surface area contributed by atoms with Crippen LogP contribution in [0.3, 0.4) is 0 Å². The highest BCUT2D eigenvalue weighted by Crippen LogP contribution is 2.67. The van der Waals surface area contributed by atoms with E-state index in [1.54, 1.807) is 0 Å². The second kappa shape index (κ2) is 20.6. The Hall–Kier alpha value is -0.650. The first kappa shape index (κ1) is 41.1. The molecule has 0 aromatic heterocycles. The molecule has 0 bridgehead atoms. The Balaban J connectivity index is 1.03. The average molecular weight is 686 g/mol. The minimum Gasteiger partial charge on any atom is -0.466 e. The van der Waals surface area contributed by atoms with Gasteiger partial charge >= 0.3 is 5.97 Å². The van der Waals surface area contributed by atoms with Crippen LogP contribution < -0.4 is 17.2 Å². The lowest BCUT2D eigenvalue weighted by atomic mass is 9.42. The van der Waals surface area contributed by atoms with Gasteiger partial charge < -0.3 is 21.9 Å². The molecule has 0 unspecified atom stereocenters. The van der Waals surface area contributed by atoms with Crippen molar-refractivity contribution in [3.05, 3.63) is 0 Å². The number of rotatable bonds is 23. The number of fused-ring (bicyclic) bond motifs is 5. The molecule has 0 heterocycles. The number of hydrogen-bond acceptors (Lipinski definition) is 5. The van der Waals surface area contributed by atoms with Crippen LogP contribution in [0.2, 0.25) is 0 Å². The second-order valence-electron chi connectivity index (χ2n) is 18.6. The van der Waals surface area contributed by atoms with Crippen molar-refractivity contribution in [2.75, 3.05) is 6.61 Å². The lowest BCUT2D eigenvalue weighted by Crippen LogP contribution is -2.65. The maximum Gasteiger partial charge on any atom is 0.305 e. The number of nitrogens with two attached hydrogens (primary N) is 3.